The van der Waals surface area contributed by atoms with Crippen LogP contribution in [0.1, 0.15) is 25.8 Å². The highest BCUT2D eigenvalue weighted by atomic mass is 32.2. The van der Waals surface area contributed by atoms with E-state index in [9.17, 15) is 12.8 Å². The van der Waals surface area contributed by atoms with Gasteiger partial charge in [0.15, 0.2) is 14.9 Å². The third kappa shape index (κ3) is 5.42. The molecule has 1 N–H and O–H groups in total. The summed E-state index contributed by atoms with van der Waals surface area (Å²) in [6.07, 6.45) is 0.618. The molecule has 1 aromatic carbocycles. The number of benzene rings is 1. The lowest BCUT2D eigenvalue weighted by Gasteiger charge is -2.32. The molecule has 0 bridgehead atoms. The van der Waals surface area contributed by atoms with Gasteiger partial charge in [-0.15, -0.1) is 0 Å². The predicted octanol–water partition coefficient (Wildman–Crippen LogP) is 2.35. The van der Waals surface area contributed by atoms with Crippen LogP contribution in [0.2, 0.25) is 0 Å². The lowest BCUT2D eigenvalue weighted by Crippen LogP contribution is -2.48. The van der Waals surface area contributed by atoms with Crippen molar-refractivity contribution in [3.8, 4) is 0 Å². The van der Waals surface area contributed by atoms with Gasteiger partial charge in [0.25, 0.3) is 0 Å². The molecule has 0 unspecified atom stereocenters. The van der Waals surface area contributed by atoms with Crippen LogP contribution in [-0.4, -0.2) is 42.5 Å². The second kappa shape index (κ2) is 7.57. The fourth-order valence-corrected chi connectivity index (χ4v) is 4.72. The third-order valence-electron chi connectivity index (χ3n) is 3.83. The molecule has 1 aromatic rings. The van der Waals surface area contributed by atoms with Crippen LogP contribution in [0.25, 0.3) is 0 Å². The van der Waals surface area contributed by atoms with Crippen LogP contribution in [0.4, 0.5) is 4.39 Å². The van der Waals surface area contributed by atoms with Crippen molar-refractivity contribution in [2.45, 2.75) is 32.9 Å². The van der Waals surface area contributed by atoms with Crippen molar-refractivity contribution < 1.29 is 12.8 Å². The van der Waals surface area contributed by atoms with E-state index in [4.69, 9.17) is 12.2 Å². The first-order valence-corrected chi connectivity index (χ1v) is 9.99. The Balaban J connectivity index is 2.00. The lowest BCUT2D eigenvalue weighted by atomic mass is 10.1. The molecule has 4 nitrogen and oxygen atoms in total. The minimum Gasteiger partial charge on any atom is -0.358 e. The van der Waals surface area contributed by atoms with Crippen LogP contribution >= 0.6 is 12.2 Å². The number of thiocarbonyl (C=S) groups is 1. The van der Waals surface area contributed by atoms with E-state index < -0.39 is 9.84 Å². The van der Waals surface area contributed by atoms with Gasteiger partial charge < -0.3 is 10.2 Å². The molecule has 1 fully saturated rings. The Labute approximate surface area is 143 Å². The lowest BCUT2D eigenvalue weighted by molar-refractivity contribution is 0.295. The zero-order valence-electron chi connectivity index (χ0n) is 13.5. The first kappa shape index (κ1) is 18.1. The van der Waals surface area contributed by atoms with E-state index in [0.717, 1.165) is 12.1 Å². The number of nitrogens with zero attached hydrogens (tertiary/aromatic N) is 1. The second-order valence-corrected chi connectivity index (χ2v) is 9.00. The van der Waals surface area contributed by atoms with Crippen molar-refractivity contribution in [1.29, 1.82) is 0 Å². The Morgan fingerprint density at radius 1 is 1.39 bits per heavy atom. The number of hydrogen-bond donors (Lipinski definition) is 1. The highest BCUT2D eigenvalue weighted by Crippen LogP contribution is 2.19. The Morgan fingerprint density at radius 2 is 2.04 bits per heavy atom. The van der Waals surface area contributed by atoms with Crippen LogP contribution < -0.4 is 5.32 Å². The largest absolute Gasteiger partial charge is 0.358 e. The van der Waals surface area contributed by atoms with E-state index in [1.54, 1.807) is 12.1 Å². The van der Waals surface area contributed by atoms with Crippen molar-refractivity contribution in [1.82, 2.24) is 10.2 Å². The normalized spacial score (nSPS) is 19.7. The molecule has 0 spiro atoms. The zero-order chi connectivity index (χ0) is 17.0. The maximum atomic E-state index is 12.9. The van der Waals surface area contributed by atoms with E-state index in [0.29, 0.717) is 24.0 Å². The summed E-state index contributed by atoms with van der Waals surface area (Å²) in [5.41, 5.74) is 0.928. The van der Waals surface area contributed by atoms with Crippen molar-refractivity contribution >= 4 is 27.2 Å². The number of rotatable bonds is 5. The molecule has 1 aliphatic rings. The Hall–Kier alpha value is -1.21. The number of hydrogen-bond acceptors (Lipinski definition) is 3. The molecule has 7 heteroatoms. The van der Waals surface area contributed by atoms with Crippen LogP contribution in [0.5, 0.6) is 0 Å². The summed E-state index contributed by atoms with van der Waals surface area (Å²) < 4.78 is 36.4. The summed E-state index contributed by atoms with van der Waals surface area (Å²) >= 11 is 5.48. The maximum absolute atomic E-state index is 12.9. The summed E-state index contributed by atoms with van der Waals surface area (Å²) in [6.45, 7) is 5.38. The van der Waals surface area contributed by atoms with Gasteiger partial charge in [0, 0.05) is 19.1 Å². The molecule has 128 valence electrons. The van der Waals surface area contributed by atoms with Crippen molar-refractivity contribution in [2.24, 2.45) is 5.92 Å². The van der Waals surface area contributed by atoms with Crippen LogP contribution in [0.3, 0.4) is 0 Å². The van der Waals surface area contributed by atoms with E-state index in [1.165, 1.54) is 12.1 Å². The second-order valence-electron chi connectivity index (χ2n) is 6.39. The van der Waals surface area contributed by atoms with Gasteiger partial charge in [-0.1, -0.05) is 26.0 Å². The Morgan fingerprint density at radius 3 is 2.57 bits per heavy atom. The quantitative estimate of drug-likeness (QED) is 0.819. The first-order valence-electron chi connectivity index (χ1n) is 7.76. The molecular weight excluding hydrogens is 335 g/mol. The number of nitrogens with one attached hydrogen (secondary N) is 1. The predicted molar refractivity (Wildman–Crippen MR) is 94.4 cm³/mol. The number of halogens is 1. The summed E-state index contributed by atoms with van der Waals surface area (Å²) in [5.74, 6) is 0.503. The van der Waals surface area contributed by atoms with Gasteiger partial charge in [-0.3, -0.25) is 0 Å². The van der Waals surface area contributed by atoms with Gasteiger partial charge in [0.05, 0.1) is 11.5 Å². The highest BCUT2D eigenvalue weighted by molar-refractivity contribution is 7.91. The molecule has 1 atom stereocenters. The van der Waals surface area contributed by atoms with Gasteiger partial charge in [-0.25, -0.2) is 12.8 Å². The molecule has 0 radical (unpaired) electrons. The molecule has 1 saturated heterocycles. The Kier molecular flexibility index (Phi) is 5.97. The minimum atomic E-state index is -2.95. The molecule has 2 rings (SSSR count). The first-order chi connectivity index (χ1) is 10.8. The van der Waals surface area contributed by atoms with Crippen LogP contribution in [-0.2, 0) is 16.4 Å². The number of sulfone groups is 1. The fourth-order valence-electron chi connectivity index (χ4n) is 2.69. The average molecular weight is 359 g/mol. The average Bonchev–Trinajstić information content (AvgIpc) is 2.83. The monoisotopic (exact) mass is 358 g/mol. The molecule has 0 amide bonds. The summed E-state index contributed by atoms with van der Waals surface area (Å²) in [7, 11) is -2.95. The highest BCUT2D eigenvalue weighted by Gasteiger charge is 2.33. The van der Waals surface area contributed by atoms with Gasteiger partial charge in [0.2, 0.25) is 0 Å². The molecule has 1 heterocycles. The van der Waals surface area contributed by atoms with E-state index >= 15 is 0 Å². The van der Waals surface area contributed by atoms with Gasteiger partial charge in [-0.05, 0) is 42.3 Å². The summed E-state index contributed by atoms with van der Waals surface area (Å²) in [5, 5.41) is 3.73. The van der Waals surface area contributed by atoms with Crippen molar-refractivity contribution in [3.05, 3.63) is 35.6 Å². The van der Waals surface area contributed by atoms with Gasteiger partial charge in [0.1, 0.15) is 5.82 Å². The van der Waals surface area contributed by atoms with Gasteiger partial charge >= 0.3 is 0 Å². The van der Waals surface area contributed by atoms with Crippen LogP contribution in [0.15, 0.2) is 24.3 Å². The van der Waals surface area contributed by atoms with Crippen LogP contribution in [0, 0.1) is 11.7 Å². The molecule has 0 saturated carbocycles. The molecule has 0 aliphatic carbocycles. The topological polar surface area (TPSA) is 49.4 Å². The standard InChI is InChI=1S/C16H23FN2O2S2/c1-12(2)10-19(15-7-8-23(20,21)11-15)16(22)18-9-13-3-5-14(17)6-4-13/h3-6,12,15H,7-11H2,1-2H3,(H,18,22)/t15-/m1/s1. The molecular formula is C16H23FN2O2S2. The van der Waals surface area contributed by atoms with E-state index in [-0.39, 0.29) is 23.4 Å². The molecule has 0 aromatic heterocycles. The van der Waals surface area contributed by atoms with E-state index in [2.05, 4.69) is 19.2 Å². The third-order valence-corrected chi connectivity index (χ3v) is 5.96. The fraction of sp³-hybridized carbons (Fsp3) is 0.562. The zero-order valence-corrected chi connectivity index (χ0v) is 15.1. The van der Waals surface area contributed by atoms with Crippen molar-refractivity contribution in [3.63, 3.8) is 0 Å². The SMILES string of the molecule is CC(C)CN(C(=S)NCc1ccc(F)cc1)[C@@H]1CCS(=O)(=O)C1. The molecule has 1 aliphatic heterocycles. The smallest absolute Gasteiger partial charge is 0.169 e. The maximum Gasteiger partial charge on any atom is 0.169 e. The van der Waals surface area contributed by atoms with Gasteiger partial charge in [-0.2, -0.15) is 0 Å². The molecule has 23 heavy (non-hydrogen) atoms. The van der Waals surface area contributed by atoms with Crippen molar-refractivity contribution in [2.75, 3.05) is 18.1 Å². The van der Waals surface area contributed by atoms with E-state index in [1.807, 2.05) is 4.90 Å². The Bertz CT molecular complexity index is 645. The minimum absolute atomic E-state index is 0.0596. The summed E-state index contributed by atoms with van der Waals surface area (Å²) in [4.78, 5) is 1.99. The summed E-state index contributed by atoms with van der Waals surface area (Å²) in [6, 6.07) is 6.18.